The highest BCUT2D eigenvalue weighted by molar-refractivity contribution is 6.42. The van der Waals surface area contributed by atoms with Crippen LogP contribution in [0.4, 0.5) is 27.6 Å². The number of anilines is 1. The number of hydrogen-bond donors (Lipinski definition) is 2. The Labute approximate surface area is 286 Å². The molecule has 1 saturated heterocycles. The number of hydrogen-bond acceptors (Lipinski definition) is 7. The van der Waals surface area contributed by atoms with E-state index in [0.29, 0.717) is 26.2 Å². The number of alkyl halides is 4. The number of carbonyl (C=O) groups is 4. The number of nitrogens with one attached hydrogen (secondary N) is 2. The molecule has 1 saturated carbocycles. The molecule has 0 bridgehead atoms. The number of pyridine rings is 1. The molecule has 16 heteroatoms. The fourth-order valence-corrected chi connectivity index (χ4v) is 5.83. The third kappa shape index (κ3) is 9.20. The van der Waals surface area contributed by atoms with Crippen LogP contribution in [-0.2, 0) is 25.1 Å². The minimum absolute atomic E-state index is 0.0207. The number of ether oxygens (including phenoxy) is 1. The van der Waals surface area contributed by atoms with Crippen LogP contribution < -0.4 is 15.4 Å². The molecular weight excluding hydrogens is 667 g/mol. The zero-order valence-electron chi connectivity index (χ0n) is 28.3. The molecule has 0 unspecified atom stereocenters. The zero-order chi connectivity index (χ0) is 36.8. The lowest BCUT2D eigenvalue weighted by molar-refractivity contribution is -0.150. The summed E-state index contributed by atoms with van der Waals surface area (Å²) in [6, 6.07) is 3.97. The van der Waals surface area contributed by atoms with Gasteiger partial charge in [-0.2, -0.15) is 8.78 Å². The zero-order valence-corrected chi connectivity index (χ0v) is 28.3. The number of likely N-dealkylation sites (N-methyl/N-ethyl adjacent to an activating group) is 1. The summed E-state index contributed by atoms with van der Waals surface area (Å²) in [7, 11) is 3.20. The smallest absolute Gasteiger partial charge is 0.351 e. The molecule has 0 spiro atoms. The molecule has 2 heterocycles. The van der Waals surface area contributed by atoms with Gasteiger partial charge in [-0.25, -0.2) is 23.1 Å². The summed E-state index contributed by atoms with van der Waals surface area (Å²) in [5.74, 6) is -13.9. The van der Waals surface area contributed by atoms with Gasteiger partial charge in [-0.3, -0.25) is 19.2 Å². The van der Waals surface area contributed by atoms with Crippen molar-refractivity contribution in [1.82, 2.24) is 20.1 Å². The number of benzene rings is 1. The molecule has 4 amide bonds. The summed E-state index contributed by atoms with van der Waals surface area (Å²) >= 11 is 0. The molecule has 2 aromatic rings. The summed E-state index contributed by atoms with van der Waals surface area (Å²) in [6.07, 6.45) is -1.01. The van der Waals surface area contributed by atoms with Crippen molar-refractivity contribution >= 4 is 35.0 Å². The van der Waals surface area contributed by atoms with Crippen LogP contribution in [0, 0.1) is 11.7 Å². The highest BCUT2D eigenvalue weighted by Gasteiger charge is 2.46. The Kier molecular flexibility index (Phi) is 12.3. The number of methoxy groups -OCH3 is 1. The number of halogens is 5. The van der Waals surface area contributed by atoms with Gasteiger partial charge in [-0.1, -0.05) is 19.9 Å². The first-order valence-electron chi connectivity index (χ1n) is 16.3. The molecule has 2 N–H and O–H groups in total. The van der Waals surface area contributed by atoms with Gasteiger partial charge in [-0.15, -0.1) is 0 Å². The third-order valence-electron chi connectivity index (χ3n) is 9.11. The fourth-order valence-electron chi connectivity index (χ4n) is 5.83. The van der Waals surface area contributed by atoms with Crippen molar-refractivity contribution in [2.75, 3.05) is 45.7 Å². The number of aliphatic imine (C=N–C) groups is 1. The van der Waals surface area contributed by atoms with Crippen molar-refractivity contribution in [3.05, 3.63) is 53.5 Å². The highest BCUT2D eigenvalue weighted by Crippen LogP contribution is 2.38. The van der Waals surface area contributed by atoms with Gasteiger partial charge in [0.05, 0.1) is 12.8 Å². The van der Waals surface area contributed by atoms with Gasteiger partial charge in [0, 0.05) is 69.2 Å². The molecule has 2 atom stereocenters. The van der Waals surface area contributed by atoms with Gasteiger partial charge < -0.3 is 25.2 Å². The summed E-state index contributed by atoms with van der Waals surface area (Å²) < 4.78 is 78.8. The SMILES string of the molecule is CCC(=O)/N=C(/C(=O)N1CCN(C)CC1)[C@@H](C)c1ccc(NC(=O)[C@@H](NC(=O)C(F)(F)c2ccc(OC)nc2)C2CCC(F)(F)CC2)c(F)c1. The maximum atomic E-state index is 15.6. The minimum atomic E-state index is -4.17. The van der Waals surface area contributed by atoms with E-state index in [1.54, 1.807) is 18.7 Å². The molecule has 1 aromatic heterocycles. The van der Waals surface area contributed by atoms with E-state index in [9.17, 15) is 28.0 Å². The predicted molar refractivity (Wildman–Crippen MR) is 174 cm³/mol. The van der Waals surface area contributed by atoms with E-state index < -0.39 is 77.6 Å². The van der Waals surface area contributed by atoms with Crippen LogP contribution >= 0.6 is 0 Å². The second-order valence-corrected chi connectivity index (χ2v) is 12.6. The summed E-state index contributed by atoms with van der Waals surface area (Å²) in [6.45, 7) is 5.27. The van der Waals surface area contributed by atoms with Crippen molar-refractivity contribution in [2.24, 2.45) is 10.9 Å². The average molecular weight is 709 g/mol. The highest BCUT2D eigenvalue weighted by atomic mass is 19.3. The predicted octanol–water partition coefficient (Wildman–Crippen LogP) is 4.53. The van der Waals surface area contributed by atoms with Crippen LogP contribution in [0.3, 0.4) is 0 Å². The summed E-state index contributed by atoms with van der Waals surface area (Å²) in [5, 5.41) is 4.32. The minimum Gasteiger partial charge on any atom is -0.481 e. The van der Waals surface area contributed by atoms with Crippen molar-refractivity contribution < 1.29 is 45.9 Å². The Balaban J connectivity index is 1.56. The van der Waals surface area contributed by atoms with Gasteiger partial charge in [0.2, 0.25) is 23.6 Å². The van der Waals surface area contributed by atoms with Gasteiger partial charge in [0.25, 0.3) is 11.8 Å². The normalized spacial score (nSPS) is 18.6. The first kappa shape index (κ1) is 38.3. The largest absolute Gasteiger partial charge is 0.481 e. The van der Waals surface area contributed by atoms with E-state index in [2.05, 4.69) is 15.3 Å². The standard InChI is InChI=1S/C34H41F5N6O5/c1-5-26(46)42-28(31(48)45-16-14-44(3)15-17-45)20(2)22-6-8-25(24(35)18-22)41-30(47)29(21-10-12-33(36,37)13-11-21)43-32(49)34(38,39)23-7-9-27(50-4)40-19-23/h6-9,18-21,29H,5,10-17H2,1-4H3,(H,41,47)(H,43,49)/b42-28+/t20-,29-/m0/s1. The van der Waals surface area contributed by atoms with E-state index in [1.807, 2.05) is 17.3 Å². The van der Waals surface area contributed by atoms with Crippen LogP contribution in [0.15, 0.2) is 41.5 Å². The van der Waals surface area contributed by atoms with E-state index in [0.717, 1.165) is 24.4 Å². The first-order valence-corrected chi connectivity index (χ1v) is 16.3. The summed E-state index contributed by atoms with van der Waals surface area (Å²) in [4.78, 5) is 63.5. The molecule has 1 aliphatic carbocycles. The second kappa shape index (κ2) is 16.0. The van der Waals surface area contributed by atoms with Crippen molar-refractivity contribution in [3.63, 3.8) is 0 Å². The fraction of sp³-hybridized carbons (Fsp3) is 0.529. The van der Waals surface area contributed by atoms with E-state index >= 15 is 13.2 Å². The Morgan fingerprint density at radius 1 is 1.08 bits per heavy atom. The summed E-state index contributed by atoms with van der Waals surface area (Å²) in [5.41, 5.74) is -0.985. The van der Waals surface area contributed by atoms with E-state index in [-0.39, 0.29) is 42.1 Å². The lowest BCUT2D eigenvalue weighted by Gasteiger charge is -2.34. The van der Waals surface area contributed by atoms with Crippen molar-refractivity contribution in [2.45, 2.75) is 69.8 Å². The number of nitrogens with zero attached hydrogens (tertiary/aromatic N) is 4. The number of carbonyl (C=O) groups excluding carboxylic acids is 4. The number of aromatic nitrogens is 1. The van der Waals surface area contributed by atoms with E-state index in [4.69, 9.17) is 4.74 Å². The molecule has 2 fully saturated rings. The van der Waals surface area contributed by atoms with Crippen molar-refractivity contribution in [3.8, 4) is 5.88 Å². The average Bonchev–Trinajstić information content (AvgIpc) is 3.10. The van der Waals surface area contributed by atoms with E-state index in [1.165, 1.54) is 19.2 Å². The monoisotopic (exact) mass is 708 g/mol. The Bertz CT molecular complexity index is 1590. The Hall–Kier alpha value is -4.47. The first-order chi connectivity index (χ1) is 23.6. The molecule has 2 aliphatic rings. The maximum absolute atomic E-state index is 15.6. The van der Waals surface area contributed by atoms with Crippen LogP contribution in [0.5, 0.6) is 5.88 Å². The van der Waals surface area contributed by atoms with Crippen LogP contribution in [0.25, 0.3) is 0 Å². The topological polar surface area (TPSA) is 133 Å². The van der Waals surface area contributed by atoms with Crippen LogP contribution in [-0.4, -0.2) is 96.4 Å². The Morgan fingerprint density at radius 3 is 2.30 bits per heavy atom. The maximum Gasteiger partial charge on any atom is 0.351 e. The molecular formula is C34H41F5N6O5. The number of rotatable bonds is 11. The van der Waals surface area contributed by atoms with Crippen LogP contribution in [0.1, 0.15) is 63.0 Å². The number of piperazine rings is 1. The molecule has 272 valence electrons. The molecule has 0 radical (unpaired) electrons. The molecule has 4 rings (SSSR count). The lowest BCUT2D eigenvalue weighted by Crippen LogP contribution is -2.53. The quantitative estimate of drug-likeness (QED) is 0.259. The second-order valence-electron chi connectivity index (χ2n) is 12.6. The van der Waals surface area contributed by atoms with Gasteiger partial charge in [-0.05, 0) is 49.6 Å². The van der Waals surface area contributed by atoms with Crippen LogP contribution in [0.2, 0.25) is 0 Å². The van der Waals surface area contributed by atoms with Gasteiger partial charge in [0.1, 0.15) is 17.6 Å². The molecule has 11 nitrogen and oxygen atoms in total. The molecule has 1 aliphatic heterocycles. The van der Waals surface area contributed by atoms with Gasteiger partial charge in [0.15, 0.2) is 0 Å². The van der Waals surface area contributed by atoms with Gasteiger partial charge >= 0.3 is 5.92 Å². The lowest BCUT2D eigenvalue weighted by atomic mass is 9.81. The third-order valence-corrected chi connectivity index (χ3v) is 9.11. The van der Waals surface area contributed by atoms with Crippen molar-refractivity contribution in [1.29, 1.82) is 0 Å². The Morgan fingerprint density at radius 2 is 1.74 bits per heavy atom. The molecule has 50 heavy (non-hydrogen) atoms. The number of amides is 4. The molecule has 1 aromatic carbocycles.